The standard InChI is InChI=1S/C14H16ClN3O/c1-10(19-12-6-4-3-5-7-12)9-16-14-8-13(15)17-11(2)18-14/h3-8,10H,9H2,1-2H3,(H,16,17,18). The molecule has 4 nitrogen and oxygen atoms in total. The fraction of sp³-hybridized carbons (Fsp3) is 0.286. The molecular weight excluding hydrogens is 262 g/mol. The number of anilines is 1. The Morgan fingerprint density at radius 3 is 2.68 bits per heavy atom. The Morgan fingerprint density at radius 2 is 2.00 bits per heavy atom. The molecule has 0 bridgehead atoms. The highest BCUT2D eigenvalue weighted by Gasteiger charge is 2.05. The molecule has 0 saturated heterocycles. The van der Waals surface area contributed by atoms with Crippen LogP contribution in [0.4, 0.5) is 5.82 Å². The molecule has 100 valence electrons. The first kappa shape index (κ1) is 13.6. The molecule has 0 aliphatic heterocycles. The molecule has 1 atom stereocenters. The molecule has 0 fully saturated rings. The van der Waals surface area contributed by atoms with Crippen LogP contribution in [0.1, 0.15) is 12.7 Å². The summed E-state index contributed by atoms with van der Waals surface area (Å²) in [5, 5.41) is 3.62. The Morgan fingerprint density at radius 1 is 1.26 bits per heavy atom. The zero-order chi connectivity index (χ0) is 13.7. The molecule has 0 aliphatic carbocycles. The molecule has 1 unspecified atom stereocenters. The van der Waals surface area contributed by atoms with Gasteiger partial charge in [0.2, 0.25) is 0 Å². The maximum atomic E-state index is 5.87. The van der Waals surface area contributed by atoms with Crippen molar-refractivity contribution in [3.8, 4) is 5.75 Å². The Balaban J connectivity index is 1.88. The highest BCUT2D eigenvalue weighted by Crippen LogP contribution is 2.13. The van der Waals surface area contributed by atoms with Crippen molar-refractivity contribution in [1.82, 2.24) is 9.97 Å². The number of aryl methyl sites for hydroxylation is 1. The highest BCUT2D eigenvalue weighted by atomic mass is 35.5. The second-order valence-corrected chi connectivity index (χ2v) is 4.63. The minimum Gasteiger partial charge on any atom is -0.489 e. The van der Waals surface area contributed by atoms with Gasteiger partial charge in [-0.2, -0.15) is 0 Å². The van der Waals surface area contributed by atoms with E-state index in [4.69, 9.17) is 16.3 Å². The third-order valence-electron chi connectivity index (χ3n) is 2.46. The summed E-state index contributed by atoms with van der Waals surface area (Å²) in [4.78, 5) is 8.26. The van der Waals surface area contributed by atoms with Crippen LogP contribution in [-0.4, -0.2) is 22.6 Å². The predicted octanol–water partition coefficient (Wildman–Crippen LogP) is 3.32. The van der Waals surface area contributed by atoms with Crippen molar-refractivity contribution >= 4 is 17.4 Å². The molecule has 1 N–H and O–H groups in total. The van der Waals surface area contributed by atoms with Crippen molar-refractivity contribution < 1.29 is 4.74 Å². The topological polar surface area (TPSA) is 47.0 Å². The van der Waals surface area contributed by atoms with E-state index in [9.17, 15) is 0 Å². The molecule has 0 saturated carbocycles. The Kier molecular flexibility index (Phi) is 4.58. The maximum Gasteiger partial charge on any atom is 0.134 e. The minimum atomic E-state index is 0.0245. The molecule has 2 aromatic rings. The van der Waals surface area contributed by atoms with Gasteiger partial charge in [-0.3, -0.25) is 0 Å². The summed E-state index contributed by atoms with van der Waals surface area (Å²) in [5.41, 5.74) is 0. The predicted molar refractivity (Wildman–Crippen MR) is 76.8 cm³/mol. The summed E-state index contributed by atoms with van der Waals surface area (Å²) < 4.78 is 5.76. The van der Waals surface area contributed by atoms with Gasteiger partial charge in [-0.1, -0.05) is 29.8 Å². The van der Waals surface area contributed by atoms with Crippen LogP contribution >= 0.6 is 11.6 Å². The Labute approximate surface area is 117 Å². The Hall–Kier alpha value is -1.81. The van der Waals surface area contributed by atoms with Crippen LogP contribution in [0.3, 0.4) is 0 Å². The summed E-state index contributed by atoms with van der Waals surface area (Å²) in [6, 6.07) is 11.4. The summed E-state index contributed by atoms with van der Waals surface area (Å²) >= 11 is 5.87. The quantitative estimate of drug-likeness (QED) is 0.852. The van der Waals surface area contributed by atoms with Crippen molar-refractivity contribution in [2.75, 3.05) is 11.9 Å². The molecule has 2 rings (SSSR count). The molecule has 0 spiro atoms. The summed E-state index contributed by atoms with van der Waals surface area (Å²) in [6.07, 6.45) is 0.0245. The van der Waals surface area contributed by atoms with Crippen LogP contribution in [0, 0.1) is 6.92 Å². The second-order valence-electron chi connectivity index (χ2n) is 4.25. The average Bonchev–Trinajstić information content (AvgIpc) is 2.36. The van der Waals surface area contributed by atoms with E-state index in [-0.39, 0.29) is 6.10 Å². The first-order valence-electron chi connectivity index (χ1n) is 6.10. The van der Waals surface area contributed by atoms with E-state index in [1.165, 1.54) is 0 Å². The number of para-hydroxylation sites is 1. The van der Waals surface area contributed by atoms with E-state index in [1.807, 2.05) is 37.3 Å². The van der Waals surface area contributed by atoms with Crippen LogP contribution in [0.25, 0.3) is 0 Å². The van der Waals surface area contributed by atoms with Gasteiger partial charge >= 0.3 is 0 Å². The monoisotopic (exact) mass is 277 g/mol. The SMILES string of the molecule is Cc1nc(Cl)cc(NCC(C)Oc2ccccc2)n1. The average molecular weight is 278 g/mol. The van der Waals surface area contributed by atoms with Gasteiger partial charge < -0.3 is 10.1 Å². The van der Waals surface area contributed by atoms with E-state index < -0.39 is 0 Å². The lowest BCUT2D eigenvalue weighted by Crippen LogP contribution is -2.23. The lowest BCUT2D eigenvalue weighted by atomic mass is 10.3. The number of nitrogens with one attached hydrogen (secondary N) is 1. The van der Waals surface area contributed by atoms with Crippen molar-refractivity contribution in [2.24, 2.45) is 0 Å². The van der Waals surface area contributed by atoms with Gasteiger partial charge in [-0.15, -0.1) is 0 Å². The molecule has 1 aromatic heterocycles. The van der Waals surface area contributed by atoms with Gasteiger partial charge in [0.25, 0.3) is 0 Å². The third kappa shape index (κ3) is 4.41. The number of rotatable bonds is 5. The molecule has 0 amide bonds. The molecular formula is C14H16ClN3O. The van der Waals surface area contributed by atoms with Crippen LogP contribution < -0.4 is 10.1 Å². The number of nitrogens with zero attached hydrogens (tertiary/aromatic N) is 2. The molecule has 0 radical (unpaired) electrons. The van der Waals surface area contributed by atoms with E-state index in [1.54, 1.807) is 13.0 Å². The van der Waals surface area contributed by atoms with Gasteiger partial charge in [0.05, 0.1) is 6.54 Å². The number of ether oxygens (including phenoxy) is 1. The number of benzene rings is 1. The zero-order valence-corrected chi connectivity index (χ0v) is 11.7. The van der Waals surface area contributed by atoms with Crippen molar-refractivity contribution in [2.45, 2.75) is 20.0 Å². The number of hydrogen-bond acceptors (Lipinski definition) is 4. The van der Waals surface area contributed by atoms with Crippen molar-refractivity contribution in [3.05, 3.63) is 47.4 Å². The summed E-state index contributed by atoms with van der Waals surface area (Å²) in [6.45, 7) is 4.44. The van der Waals surface area contributed by atoms with E-state index >= 15 is 0 Å². The number of aromatic nitrogens is 2. The van der Waals surface area contributed by atoms with Crippen LogP contribution in [0.2, 0.25) is 5.15 Å². The normalized spacial score (nSPS) is 11.9. The minimum absolute atomic E-state index is 0.0245. The van der Waals surface area contributed by atoms with Gasteiger partial charge in [0.1, 0.15) is 28.6 Å². The van der Waals surface area contributed by atoms with Gasteiger partial charge in [0, 0.05) is 6.07 Å². The molecule has 1 aromatic carbocycles. The van der Waals surface area contributed by atoms with Gasteiger partial charge in [-0.25, -0.2) is 9.97 Å². The van der Waals surface area contributed by atoms with Crippen molar-refractivity contribution in [1.29, 1.82) is 0 Å². The van der Waals surface area contributed by atoms with Gasteiger partial charge in [-0.05, 0) is 26.0 Å². The van der Waals surface area contributed by atoms with Crippen molar-refractivity contribution in [3.63, 3.8) is 0 Å². The lowest BCUT2D eigenvalue weighted by Gasteiger charge is -2.15. The van der Waals surface area contributed by atoms with Gasteiger partial charge in [0.15, 0.2) is 0 Å². The first-order valence-corrected chi connectivity index (χ1v) is 6.48. The smallest absolute Gasteiger partial charge is 0.134 e. The molecule has 19 heavy (non-hydrogen) atoms. The molecule has 0 aliphatic rings. The number of halogens is 1. The number of hydrogen-bond donors (Lipinski definition) is 1. The van der Waals surface area contributed by atoms with Crippen LogP contribution in [0.15, 0.2) is 36.4 Å². The maximum absolute atomic E-state index is 5.87. The zero-order valence-electron chi connectivity index (χ0n) is 10.9. The summed E-state index contributed by atoms with van der Waals surface area (Å²) in [7, 11) is 0. The molecule has 5 heteroatoms. The summed E-state index contributed by atoms with van der Waals surface area (Å²) in [5.74, 6) is 2.21. The fourth-order valence-corrected chi connectivity index (χ4v) is 1.87. The van der Waals surface area contributed by atoms with Crippen LogP contribution in [-0.2, 0) is 0 Å². The second kappa shape index (κ2) is 6.38. The Bertz CT molecular complexity index is 513. The first-order chi connectivity index (χ1) is 9.13. The van der Waals surface area contributed by atoms with Crippen LogP contribution in [0.5, 0.6) is 5.75 Å². The molecule has 1 heterocycles. The van der Waals surface area contributed by atoms with E-state index in [0.29, 0.717) is 23.3 Å². The highest BCUT2D eigenvalue weighted by molar-refractivity contribution is 6.29. The van der Waals surface area contributed by atoms with E-state index in [2.05, 4.69) is 15.3 Å². The lowest BCUT2D eigenvalue weighted by molar-refractivity contribution is 0.234. The fourth-order valence-electron chi connectivity index (χ4n) is 1.64. The largest absolute Gasteiger partial charge is 0.489 e. The van der Waals surface area contributed by atoms with E-state index in [0.717, 1.165) is 5.75 Å². The third-order valence-corrected chi connectivity index (χ3v) is 2.65.